The number of carbonyl (C=O) groups excluding carboxylic acids is 1. The fourth-order valence-corrected chi connectivity index (χ4v) is 2.11. The number of halogens is 2. The Morgan fingerprint density at radius 1 is 1.25 bits per heavy atom. The standard InChI is InChI=1S/C18H15ClFNO3/c1-2-24-18(23)15(11-21-13-9-7-12(20)8-10-13)17(22)14-5-3-4-6-16(14)19/h3-11,22H,2H2,1H3/b17-15+,21-11?. The molecule has 4 nitrogen and oxygen atoms in total. The van der Waals surface area contributed by atoms with Crippen molar-refractivity contribution in [3.05, 3.63) is 70.5 Å². The van der Waals surface area contributed by atoms with Gasteiger partial charge in [0.05, 0.1) is 17.3 Å². The first-order valence-corrected chi connectivity index (χ1v) is 7.55. The normalized spacial score (nSPS) is 12.1. The number of ether oxygens (including phenoxy) is 1. The fraction of sp³-hybridized carbons (Fsp3) is 0.111. The van der Waals surface area contributed by atoms with Crippen molar-refractivity contribution in [3.63, 3.8) is 0 Å². The molecule has 0 aliphatic carbocycles. The van der Waals surface area contributed by atoms with Crippen LogP contribution in [0.3, 0.4) is 0 Å². The first kappa shape index (κ1) is 17.7. The minimum Gasteiger partial charge on any atom is -0.506 e. The predicted octanol–water partition coefficient (Wildman–Crippen LogP) is 4.71. The van der Waals surface area contributed by atoms with Crippen molar-refractivity contribution >= 4 is 35.2 Å². The van der Waals surface area contributed by atoms with E-state index in [0.29, 0.717) is 5.69 Å². The summed E-state index contributed by atoms with van der Waals surface area (Å²) in [6, 6.07) is 11.9. The van der Waals surface area contributed by atoms with E-state index in [1.807, 2.05) is 0 Å². The van der Waals surface area contributed by atoms with Crippen molar-refractivity contribution in [1.29, 1.82) is 0 Å². The summed E-state index contributed by atoms with van der Waals surface area (Å²) in [6.07, 6.45) is 1.17. The molecule has 0 unspecified atom stereocenters. The predicted molar refractivity (Wildman–Crippen MR) is 92.2 cm³/mol. The van der Waals surface area contributed by atoms with Crippen LogP contribution < -0.4 is 0 Å². The van der Waals surface area contributed by atoms with Gasteiger partial charge in [-0.1, -0.05) is 23.7 Å². The van der Waals surface area contributed by atoms with Crippen LogP contribution in [0.5, 0.6) is 0 Å². The number of hydrogen-bond acceptors (Lipinski definition) is 4. The second-order valence-corrected chi connectivity index (χ2v) is 5.10. The lowest BCUT2D eigenvalue weighted by molar-refractivity contribution is -0.137. The van der Waals surface area contributed by atoms with Gasteiger partial charge in [0, 0.05) is 11.8 Å². The Labute approximate surface area is 143 Å². The molecule has 0 bridgehead atoms. The van der Waals surface area contributed by atoms with Crippen LogP contribution in [0.2, 0.25) is 5.02 Å². The molecule has 0 aliphatic heterocycles. The number of aliphatic hydroxyl groups excluding tert-OH is 1. The summed E-state index contributed by atoms with van der Waals surface area (Å²) in [6.45, 7) is 1.79. The molecule has 0 fully saturated rings. The summed E-state index contributed by atoms with van der Waals surface area (Å²) < 4.78 is 17.9. The van der Waals surface area contributed by atoms with Crippen LogP contribution in [0.4, 0.5) is 10.1 Å². The maximum absolute atomic E-state index is 12.9. The Hall–Kier alpha value is -2.66. The largest absolute Gasteiger partial charge is 0.506 e. The van der Waals surface area contributed by atoms with Gasteiger partial charge in [0.25, 0.3) is 0 Å². The topological polar surface area (TPSA) is 58.9 Å². The Morgan fingerprint density at radius 3 is 2.54 bits per heavy atom. The van der Waals surface area contributed by atoms with Gasteiger partial charge in [0.2, 0.25) is 0 Å². The van der Waals surface area contributed by atoms with Crippen LogP contribution in [-0.4, -0.2) is 23.9 Å². The molecule has 0 aliphatic rings. The molecule has 0 amide bonds. The number of nitrogens with zero attached hydrogens (tertiary/aromatic N) is 1. The van der Waals surface area contributed by atoms with Crippen LogP contribution in [0.25, 0.3) is 5.76 Å². The molecule has 2 aromatic carbocycles. The van der Waals surface area contributed by atoms with Gasteiger partial charge in [0.15, 0.2) is 0 Å². The first-order valence-electron chi connectivity index (χ1n) is 7.17. The lowest BCUT2D eigenvalue weighted by Gasteiger charge is -2.08. The van der Waals surface area contributed by atoms with Crippen molar-refractivity contribution in [2.75, 3.05) is 6.61 Å². The van der Waals surface area contributed by atoms with Gasteiger partial charge in [-0.05, 0) is 43.3 Å². The fourth-order valence-electron chi connectivity index (χ4n) is 1.88. The lowest BCUT2D eigenvalue weighted by atomic mass is 10.1. The Balaban J connectivity index is 2.44. The molecule has 0 heterocycles. The number of hydrogen-bond donors (Lipinski definition) is 1. The Kier molecular flexibility index (Phi) is 6.09. The van der Waals surface area contributed by atoms with Crippen LogP contribution in [0.15, 0.2) is 59.1 Å². The summed E-state index contributed by atoms with van der Waals surface area (Å²) in [5.74, 6) is -1.47. The van der Waals surface area contributed by atoms with E-state index >= 15 is 0 Å². The Morgan fingerprint density at radius 2 is 1.92 bits per heavy atom. The molecule has 0 aromatic heterocycles. The quantitative estimate of drug-likeness (QED) is 0.368. The summed E-state index contributed by atoms with van der Waals surface area (Å²) in [5.41, 5.74) is 0.562. The van der Waals surface area contributed by atoms with Crippen molar-refractivity contribution < 1.29 is 19.0 Å². The maximum atomic E-state index is 12.9. The zero-order chi connectivity index (χ0) is 17.5. The third-order valence-electron chi connectivity index (χ3n) is 3.05. The average Bonchev–Trinajstić information content (AvgIpc) is 2.57. The molecular weight excluding hydrogens is 333 g/mol. The average molecular weight is 348 g/mol. The highest BCUT2D eigenvalue weighted by Gasteiger charge is 2.17. The SMILES string of the molecule is CCOC(=O)/C(C=Nc1ccc(F)cc1)=C(/O)c1ccccc1Cl. The number of esters is 1. The number of aliphatic hydroxyl groups is 1. The van der Waals surface area contributed by atoms with E-state index in [2.05, 4.69) is 4.99 Å². The van der Waals surface area contributed by atoms with E-state index in [4.69, 9.17) is 16.3 Å². The molecule has 24 heavy (non-hydrogen) atoms. The highest BCUT2D eigenvalue weighted by atomic mass is 35.5. The van der Waals surface area contributed by atoms with Crippen LogP contribution in [0, 0.1) is 5.82 Å². The third-order valence-corrected chi connectivity index (χ3v) is 3.38. The van der Waals surface area contributed by atoms with Crippen LogP contribution >= 0.6 is 11.6 Å². The molecule has 2 aromatic rings. The molecule has 6 heteroatoms. The highest BCUT2D eigenvalue weighted by Crippen LogP contribution is 2.24. The minimum absolute atomic E-state index is 0.141. The number of carbonyl (C=O) groups is 1. The van der Waals surface area contributed by atoms with E-state index in [-0.39, 0.29) is 28.5 Å². The molecule has 0 atom stereocenters. The van der Waals surface area contributed by atoms with Gasteiger partial charge in [-0.25, -0.2) is 9.18 Å². The van der Waals surface area contributed by atoms with E-state index in [9.17, 15) is 14.3 Å². The number of benzene rings is 2. The molecule has 0 radical (unpaired) electrons. The lowest BCUT2D eigenvalue weighted by Crippen LogP contribution is -2.11. The molecule has 0 saturated carbocycles. The minimum atomic E-state index is -0.735. The summed E-state index contributed by atoms with van der Waals surface area (Å²) in [7, 11) is 0. The second-order valence-electron chi connectivity index (χ2n) is 4.70. The van der Waals surface area contributed by atoms with Gasteiger partial charge in [-0.15, -0.1) is 0 Å². The van der Waals surface area contributed by atoms with E-state index < -0.39 is 11.8 Å². The molecule has 0 spiro atoms. The molecule has 1 N–H and O–H groups in total. The first-order chi connectivity index (χ1) is 11.5. The zero-order valence-corrected chi connectivity index (χ0v) is 13.6. The van der Waals surface area contributed by atoms with Crippen molar-refractivity contribution in [2.24, 2.45) is 4.99 Å². The van der Waals surface area contributed by atoms with Crippen LogP contribution in [0.1, 0.15) is 12.5 Å². The zero-order valence-electron chi connectivity index (χ0n) is 12.9. The van der Waals surface area contributed by atoms with Gasteiger partial charge >= 0.3 is 5.97 Å². The van der Waals surface area contributed by atoms with E-state index in [0.717, 1.165) is 0 Å². The van der Waals surface area contributed by atoms with Crippen molar-refractivity contribution in [3.8, 4) is 0 Å². The second kappa shape index (κ2) is 8.26. The molecular formula is C18H15ClFNO3. The third kappa shape index (κ3) is 4.43. The monoisotopic (exact) mass is 347 g/mol. The van der Waals surface area contributed by atoms with E-state index in [1.165, 1.54) is 30.5 Å². The van der Waals surface area contributed by atoms with Gasteiger partial charge in [-0.3, -0.25) is 4.99 Å². The highest BCUT2D eigenvalue weighted by molar-refractivity contribution is 6.32. The smallest absolute Gasteiger partial charge is 0.343 e. The van der Waals surface area contributed by atoms with Gasteiger partial charge < -0.3 is 9.84 Å². The van der Waals surface area contributed by atoms with E-state index in [1.54, 1.807) is 31.2 Å². The molecule has 2 rings (SSSR count). The summed E-state index contributed by atoms with van der Waals surface area (Å²) in [5, 5.41) is 10.7. The molecule has 0 saturated heterocycles. The van der Waals surface area contributed by atoms with Crippen molar-refractivity contribution in [2.45, 2.75) is 6.92 Å². The number of rotatable bonds is 5. The van der Waals surface area contributed by atoms with Crippen molar-refractivity contribution in [1.82, 2.24) is 0 Å². The number of aliphatic imine (C=N–C) groups is 1. The van der Waals surface area contributed by atoms with Gasteiger partial charge in [0.1, 0.15) is 17.1 Å². The van der Waals surface area contributed by atoms with Gasteiger partial charge in [-0.2, -0.15) is 0 Å². The van der Waals surface area contributed by atoms with Crippen LogP contribution in [-0.2, 0) is 9.53 Å². The summed E-state index contributed by atoms with van der Waals surface area (Å²) in [4.78, 5) is 16.2. The molecule has 124 valence electrons. The Bertz CT molecular complexity index is 785. The summed E-state index contributed by atoms with van der Waals surface area (Å²) >= 11 is 6.05. The maximum Gasteiger partial charge on any atom is 0.343 e.